The second-order valence-corrected chi connectivity index (χ2v) is 12.1. The number of hydrogen-bond acceptors (Lipinski definition) is 7. The summed E-state index contributed by atoms with van der Waals surface area (Å²) in [6.07, 6.45) is 6.10. The Hall–Kier alpha value is -4.78. The number of amides is 2. The summed E-state index contributed by atoms with van der Waals surface area (Å²) >= 11 is 0. The van der Waals surface area contributed by atoms with E-state index in [1.807, 2.05) is 30.8 Å². The zero-order valence-electron chi connectivity index (χ0n) is 25.5. The standard InChI is InChI=1S/C33H35F3N8O2/c1-19-15-27(45)40-24-6-3-7-25(17-24)44-30-22(5-4-14-43(19)2)18-39-31(37)28(30)29(42-44)20-8-10-21(11-9-20)32(46)41-26-16-23(12-13-38-26)33(34,35)36/h4-5,8-13,16,18-19,24-25H,3,6-7,14-15,17H2,1-2H3,(H2,37,39)(H,40,45)(H,38,41,46)/b5-4+/t19-,24+,25+/m0/s1. The maximum absolute atomic E-state index is 13.1. The first-order valence-electron chi connectivity index (χ1n) is 15.3. The number of nitrogens with zero attached hydrogens (tertiary/aromatic N) is 5. The molecule has 0 unspecified atom stereocenters. The minimum atomic E-state index is -4.56. The maximum atomic E-state index is 13.1. The zero-order valence-corrected chi connectivity index (χ0v) is 25.5. The molecule has 2 aliphatic rings. The summed E-state index contributed by atoms with van der Waals surface area (Å²) in [5, 5.41) is 11.5. The van der Waals surface area contributed by atoms with Gasteiger partial charge in [0.2, 0.25) is 5.91 Å². The Balaban J connectivity index is 1.37. The molecule has 4 aromatic rings. The van der Waals surface area contributed by atoms with Gasteiger partial charge in [0.15, 0.2) is 0 Å². The molecule has 1 fully saturated rings. The van der Waals surface area contributed by atoms with E-state index in [4.69, 9.17) is 10.8 Å². The minimum absolute atomic E-state index is 0.0114. The number of benzene rings is 1. The van der Waals surface area contributed by atoms with Crippen molar-refractivity contribution in [2.75, 3.05) is 24.6 Å². The average Bonchev–Trinajstić information content (AvgIpc) is 3.43. The van der Waals surface area contributed by atoms with Gasteiger partial charge in [-0.2, -0.15) is 18.3 Å². The van der Waals surface area contributed by atoms with Crippen LogP contribution in [-0.4, -0.2) is 62.1 Å². The van der Waals surface area contributed by atoms with E-state index < -0.39 is 17.6 Å². The van der Waals surface area contributed by atoms with Gasteiger partial charge in [-0.15, -0.1) is 0 Å². The van der Waals surface area contributed by atoms with Crippen molar-refractivity contribution in [3.05, 3.63) is 71.6 Å². The number of hydrogen-bond donors (Lipinski definition) is 3. The number of anilines is 2. The quantitative estimate of drug-likeness (QED) is 0.265. The first kappa shape index (κ1) is 31.2. The monoisotopic (exact) mass is 632 g/mol. The molecule has 240 valence electrons. The lowest BCUT2D eigenvalue weighted by atomic mass is 9.90. The van der Waals surface area contributed by atoms with Crippen molar-refractivity contribution >= 4 is 40.4 Å². The van der Waals surface area contributed by atoms with Crippen molar-refractivity contribution in [2.45, 2.75) is 63.3 Å². The Bertz CT molecular complexity index is 1800. The molecule has 1 aliphatic heterocycles. The Morgan fingerprint density at radius 2 is 1.91 bits per heavy atom. The van der Waals surface area contributed by atoms with Crippen LogP contribution in [0.25, 0.3) is 28.2 Å². The summed E-state index contributed by atoms with van der Waals surface area (Å²) in [5.41, 5.74) is 8.85. The number of rotatable bonds is 3. The highest BCUT2D eigenvalue weighted by molar-refractivity contribution is 6.06. The molecular weight excluding hydrogens is 597 g/mol. The summed E-state index contributed by atoms with van der Waals surface area (Å²) < 4.78 is 41.4. The van der Waals surface area contributed by atoms with Crippen molar-refractivity contribution in [3.8, 4) is 11.3 Å². The third-order valence-corrected chi connectivity index (χ3v) is 8.81. The van der Waals surface area contributed by atoms with Crippen LogP contribution < -0.4 is 16.4 Å². The van der Waals surface area contributed by atoms with Gasteiger partial charge in [0.05, 0.1) is 22.5 Å². The first-order chi connectivity index (χ1) is 22.0. The van der Waals surface area contributed by atoms with Crippen molar-refractivity contribution in [1.82, 2.24) is 30.0 Å². The zero-order chi connectivity index (χ0) is 32.6. The molecule has 3 aromatic heterocycles. The van der Waals surface area contributed by atoms with Gasteiger partial charge < -0.3 is 16.4 Å². The summed E-state index contributed by atoms with van der Waals surface area (Å²) in [7, 11) is 1.99. The minimum Gasteiger partial charge on any atom is -0.383 e. The molecule has 6 rings (SSSR count). The summed E-state index contributed by atoms with van der Waals surface area (Å²) in [6, 6.07) is 8.35. The van der Waals surface area contributed by atoms with Gasteiger partial charge in [-0.25, -0.2) is 9.97 Å². The van der Waals surface area contributed by atoms with E-state index in [-0.39, 0.29) is 35.4 Å². The Morgan fingerprint density at radius 1 is 1.13 bits per heavy atom. The Labute approximate surface area is 263 Å². The van der Waals surface area contributed by atoms with Gasteiger partial charge >= 0.3 is 6.18 Å². The highest BCUT2D eigenvalue weighted by Gasteiger charge is 2.31. The number of nitrogens with two attached hydrogens (primary N) is 1. The van der Waals surface area contributed by atoms with E-state index >= 15 is 0 Å². The lowest BCUT2D eigenvalue weighted by molar-refractivity contribution is -0.137. The molecule has 4 N–H and O–H groups in total. The number of halogens is 3. The van der Waals surface area contributed by atoms with Crippen molar-refractivity contribution in [2.24, 2.45) is 0 Å². The molecule has 1 saturated carbocycles. The predicted octanol–water partition coefficient (Wildman–Crippen LogP) is 5.68. The van der Waals surface area contributed by atoms with Gasteiger partial charge in [-0.3, -0.25) is 19.2 Å². The largest absolute Gasteiger partial charge is 0.416 e. The molecule has 1 aromatic carbocycles. The van der Waals surface area contributed by atoms with E-state index in [1.54, 1.807) is 30.5 Å². The number of carbonyl (C=O) groups excluding carboxylic acids is 2. The fourth-order valence-electron chi connectivity index (χ4n) is 6.20. The van der Waals surface area contributed by atoms with Crippen LogP contribution in [0.3, 0.4) is 0 Å². The fourth-order valence-corrected chi connectivity index (χ4v) is 6.20. The number of likely N-dealkylation sites (N-methyl/N-ethyl adjacent to an activating group) is 1. The van der Waals surface area contributed by atoms with Crippen molar-refractivity contribution in [3.63, 3.8) is 0 Å². The first-order valence-corrected chi connectivity index (χ1v) is 15.3. The molecule has 2 bridgehead atoms. The number of alkyl halides is 3. The number of carbonyl (C=O) groups is 2. The SMILES string of the molecule is C[C@H]1CC(=O)N[C@@H]2CCC[C@H](C2)n2nc(-c3ccc(C(=O)Nc4cc(C(F)(F)F)ccn4)cc3)c3c(N)ncc(c32)/C=C/CN1C. The lowest BCUT2D eigenvalue weighted by Gasteiger charge is -2.31. The van der Waals surface area contributed by atoms with Gasteiger partial charge in [0.25, 0.3) is 5.91 Å². The van der Waals surface area contributed by atoms with Crippen LogP contribution in [0.4, 0.5) is 24.8 Å². The van der Waals surface area contributed by atoms with Gasteiger partial charge in [-0.1, -0.05) is 24.3 Å². The number of aromatic nitrogens is 4. The molecule has 0 radical (unpaired) electrons. The number of nitrogens with one attached hydrogen (secondary N) is 2. The van der Waals surface area contributed by atoms with Crippen LogP contribution in [0.5, 0.6) is 0 Å². The summed E-state index contributed by atoms with van der Waals surface area (Å²) in [5.74, 6) is -0.446. The third-order valence-electron chi connectivity index (χ3n) is 8.81. The fraction of sp³-hybridized carbons (Fsp3) is 0.364. The van der Waals surface area contributed by atoms with E-state index in [0.29, 0.717) is 35.4 Å². The predicted molar refractivity (Wildman–Crippen MR) is 170 cm³/mol. The highest BCUT2D eigenvalue weighted by atomic mass is 19.4. The van der Waals surface area contributed by atoms with Gasteiger partial charge in [0.1, 0.15) is 17.3 Å². The molecule has 13 heteroatoms. The van der Waals surface area contributed by atoms with Crippen molar-refractivity contribution in [1.29, 1.82) is 0 Å². The average molecular weight is 633 g/mol. The second-order valence-electron chi connectivity index (χ2n) is 12.1. The molecule has 3 atom stereocenters. The van der Waals surface area contributed by atoms with Gasteiger partial charge in [-0.05, 0) is 63.9 Å². The number of fused-ring (bicyclic) bond motifs is 3. The molecule has 4 heterocycles. The molecule has 0 spiro atoms. The van der Waals surface area contributed by atoms with Crippen LogP contribution in [0.15, 0.2) is 54.9 Å². The lowest BCUT2D eigenvalue weighted by Crippen LogP contribution is -2.42. The van der Waals surface area contributed by atoms with E-state index in [0.717, 1.165) is 55.1 Å². The molecule has 1 aliphatic carbocycles. The smallest absolute Gasteiger partial charge is 0.383 e. The van der Waals surface area contributed by atoms with Crippen molar-refractivity contribution < 1.29 is 22.8 Å². The van der Waals surface area contributed by atoms with Gasteiger partial charge in [0, 0.05) is 54.1 Å². The number of pyridine rings is 2. The number of nitrogen functional groups attached to an aromatic ring is 1. The molecule has 0 saturated heterocycles. The van der Waals surface area contributed by atoms with E-state index in [9.17, 15) is 22.8 Å². The van der Waals surface area contributed by atoms with Crippen LogP contribution >= 0.6 is 0 Å². The molecular formula is C33H35F3N8O2. The van der Waals surface area contributed by atoms with Crippen LogP contribution in [0.2, 0.25) is 0 Å². The third kappa shape index (κ3) is 6.45. The molecule has 46 heavy (non-hydrogen) atoms. The molecule has 10 nitrogen and oxygen atoms in total. The topological polar surface area (TPSA) is 131 Å². The van der Waals surface area contributed by atoms with Crippen LogP contribution in [0, 0.1) is 0 Å². The summed E-state index contributed by atoms with van der Waals surface area (Å²) in [6.45, 7) is 2.68. The Kier molecular flexibility index (Phi) is 8.51. The second kappa shape index (κ2) is 12.5. The molecule has 2 amide bonds. The Morgan fingerprint density at radius 3 is 2.67 bits per heavy atom. The van der Waals surface area contributed by atoms with Crippen LogP contribution in [0.1, 0.15) is 66.6 Å². The normalized spacial score (nSPS) is 21.8. The van der Waals surface area contributed by atoms with E-state index in [1.165, 1.54) is 0 Å². The summed E-state index contributed by atoms with van der Waals surface area (Å²) in [4.78, 5) is 36.3. The maximum Gasteiger partial charge on any atom is 0.416 e. The van der Waals surface area contributed by atoms with E-state index in [2.05, 4.69) is 25.5 Å². The highest BCUT2D eigenvalue weighted by Crippen LogP contribution is 2.39. The van der Waals surface area contributed by atoms with Crippen LogP contribution in [-0.2, 0) is 11.0 Å².